The molecule has 0 unspecified atom stereocenters. The molecule has 0 aromatic carbocycles. The monoisotopic (exact) mass is 261 g/mol. The summed E-state index contributed by atoms with van der Waals surface area (Å²) in [7, 11) is 0. The smallest absolute Gasteiger partial charge is 0.286 e. The fraction of sp³-hybridized carbons (Fsp3) is 0.467. The molecule has 0 aliphatic heterocycles. The number of amides is 1. The molecule has 2 rings (SSSR count). The molecule has 0 spiro atoms. The van der Waals surface area contributed by atoms with Gasteiger partial charge in [-0.25, -0.2) is 0 Å². The van der Waals surface area contributed by atoms with Crippen LogP contribution in [0, 0.1) is 0 Å². The summed E-state index contributed by atoms with van der Waals surface area (Å²) in [5.41, 5.74) is 1.47. The van der Waals surface area contributed by atoms with E-state index in [4.69, 9.17) is 0 Å². The van der Waals surface area contributed by atoms with E-state index in [2.05, 4.69) is 11.4 Å². The van der Waals surface area contributed by atoms with Crippen molar-refractivity contribution >= 4 is 5.91 Å². The molecule has 0 fully saturated rings. The molecule has 0 saturated carbocycles. The minimum Gasteiger partial charge on any atom is -0.503 e. The molecule has 0 atom stereocenters. The summed E-state index contributed by atoms with van der Waals surface area (Å²) in [6.07, 6.45) is 11.5. The first-order valence-electron chi connectivity index (χ1n) is 6.87. The first-order chi connectivity index (χ1) is 9.24. The zero-order chi connectivity index (χ0) is 13.5. The topological polar surface area (TPSA) is 53.2 Å². The lowest BCUT2D eigenvalue weighted by Gasteiger charge is -2.12. The highest BCUT2D eigenvalue weighted by molar-refractivity contribution is 5.74. The number of hydrogen-bond donors (Lipinski definition) is 2. The van der Waals surface area contributed by atoms with Crippen molar-refractivity contribution in [3.63, 3.8) is 0 Å². The van der Waals surface area contributed by atoms with E-state index in [1.807, 2.05) is 0 Å². The average Bonchev–Trinajstić information content (AvgIpc) is 2.40. The number of aromatic nitrogens is 1. The van der Waals surface area contributed by atoms with Crippen LogP contribution in [0.15, 0.2) is 36.2 Å². The molecule has 4 nitrogen and oxygen atoms in total. The van der Waals surface area contributed by atoms with Gasteiger partial charge < -0.3 is 10.4 Å². The van der Waals surface area contributed by atoms with Crippen LogP contribution in [-0.2, 0) is 11.3 Å². The highest BCUT2D eigenvalue weighted by atomic mass is 16.3. The summed E-state index contributed by atoms with van der Waals surface area (Å²) >= 11 is 0. The second kappa shape index (κ2) is 6.92. The van der Waals surface area contributed by atoms with Gasteiger partial charge in [0, 0.05) is 12.6 Å². The van der Waals surface area contributed by atoms with Gasteiger partial charge >= 0.3 is 0 Å². The summed E-state index contributed by atoms with van der Waals surface area (Å²) in [5.74, 6) is 0.148. The molecule has 1 aliphatic rings. The van der Waals surface area contributed by atoms with E-state index >= 15 is 0 Å². The van der Waals surface area contributed by atoms with Crippen LogP contribution in [0.25, 0.3) is 0 Å². The van der Waals surface area contributed by atoms with Crippen molar-refractivity contribution in [2.45, 2.75) is 38.6 Å². The van der Waals surface area contributed by atoms with Gasteiger partial charge in [-0.05, 0) is 38.2 Å². The van der Waals surface area contributed by atoms with E-state index < -0.39 is 0 Å². The standard InChI is InChI=1S/C15H20N2O2/c18-14-7-4-10-17(11-14)12-15(19)16-9-8-13-5-2-1-3-6-13/h4-5,7,10-11H,1-3,6,8-9,12H2,(H-,16,18,19)/p+1. The van der Waals surface area contributed by atoms with E-state index in [1.54, 1.807) is 29.1 Å². The van der Waals surface area contributed by atoms with Crippen LogP contribution >= 0.6 is 0 Å². The lowest BCUT2D eigenvalue weighted by atomic mass is 9.97. The van der Waals surface area contributed by atoms with Crippen molar-refractivity contribution in [3.8, 4) is 5.75 Å². The van der Waals surface area contributed by atoms with Gasteiger partial charge in [-0.2, -0.15) is 4.57 Å². The Balaban J connectivity index is 1.71. The highest BCUT2D eigenvalue weighted by Crippen LogP contribution is 2.19. The maximum absolute atomic E-state index is 11.7. The molecule has 4 heteroatoms. The van der Waals surface area contributed by atoms with E-state index in [-0.39, 0.29) is 18.2 Å². The molecule has 0 bridgehead atoms. The minimum absolute atomic E-state index is 0.0213. The van der Waals surface area contributed by atoms with Gasteiger partial charge in [-0.3, -0.25) is 4.79 Å². The lowest BCUT2D eigenvalue weighted by Crippen LogP contribution is -2.42. The largest absolute Gasteiger partial charge is 0.503 e. The molecular formula is C15H21N2O2+. The number of carbonyl (C=O) groups excluding carboxylic acids is 1. The van der Waals surface area contributed by atoms with Gasteiger partial charge in [0.05, 0.1) is 0 Å². The van der Waals surface area contributed by atoms with Crippen molar-refractivity contribution < 1.29 is 14.5 Å². The first kappa shape index (κ1) is 13.6. The molecule has 0 radical (unpaired) electrons. The Bertz CT molecular complexity index is 469. The Morgan fingerprint density at radius 3 is 3.05 bits per heavy atom. The molecule has 1 amide bonds. The third-order valence-corrected chi connectivity index (χ3v) is 3.32. The molecule has 1 aliphatic carbocycles. The third kappa shape index (κ3) is 4.73. The minimum atomic E-state index is -0.0213. The van der Waals surface area contributed by atoms with Crippen LogP contribution in [0.1, 0.15) is 32.1 Å². The summed E-state index contributed by atoms with van der Waals surface area (Å²) < 4.78 is 1.67. The highest BCUT2D eigenvalue weighted by Gasteiger charge is 2.10. The van der Waals surface area contributed by atoms with Crippen LogP contribution in [-0.4, -0.2) is 17.6 Å². The molecule has 0 saturated heterocycles. The summed E-state index contributed by atoms with van der Waals surface area (Å²) in [4.78, 5) is 11.7. The number of aromatic hydroxyl groups is 1. The van der Waals surface area contributed by atoms with Gasteiger partial charge in [0.2, 0.25) is 12.7 Å². The third-order valence-electron chi connectivity index (χ3n) is 3.32. The number of pyridine rings is 1. The van der Waals surface area contributed by atoms with Crippen molar-refractivity contribution in [1.82, 2.24) is 5.32 Å². The fourth-order valence-corrected chi connectivity index (χ4v) is 2.32. The normalized spacial score (nSPS) is 14.8. The number of nitrogens with one attached hydrogen (secondary N) is 1. The zero-order valence-electron chi connectivity index (χ0n) is 11.1. The molecule has 2 N–H and O–H groups in total. The second-order valence-corrected chi connectivity index (χ2v) is 4.94. The van der Waals surface area contributed by atoms with Gasteiger partial charge in [0.1, 0.15) is 0 Å². The first-order valence-corrected chi connectivity index (χ1v) is 6.87. The maximum atomic E-state index is 11.7. The number of nitrogens with zero attached hydrogens (tertiary/aromatic N) is 1. The molecule has 1 aromatic heterocycles. The van der Waals surface area contributed by atoms with Crippen LogP contribution in [0.4, 0.5) is 0 Å². The van der Waals surface area contributed by atoms with Gasteiger partial charge in [-0.1, -0.05) is 11.6 Å². The van der Waals surface area contributed by atoms with Crippen molar-refractivity contribution in [1.29, 1.82) is 0 Å². The van der Waals surface area contributed by atoms with Gasteiger partial charge in [-0.15, -0.1) is 0 Å². The Morgan fingerprint density at radius 2 is 2.32 bits per heavy atom. The zero-order valence-corrected chi connectivity index (χ0v) is 11.1. The SMILES string of the molecule is O=C(C[n+]1cccc(O)c1)NCCC1=CCCCC1. The van der Waals surface area contributed by atoms with Gasteiger partial charge in [0.25, 0.3) is 5.91 Å². The summed E-state index contributed by atoms with van der Waals surface area (Å²) in [6.45, 7) is 0.942. The predicted octanol–water partition coefficient (Wildman–Crippen LogP) is 1.69. The second-order valence-electron chi connectivity index (χ2n) is 4.94. The Kier molecular flexibility index (Phi) is 4.95. The summed E-state index contributed by atoms with van der Waals surface area (Å²) in [6, 6.07) is 3.30. The number of carbonyl (C=O) groups is 1. The van der Waals surface area contributed by atoms with Crippen molar-refractivity contribution in [2.75, 3.05) is 6.54 Å². The van der Waals surface area contributed by atoms with Crippen LogP contribution < -0.4 is 9.88 Å². The Labute approximate surface area is 113 Å². The number of hydrogen-bond acceptors (Lipinski definition) is 2. The van der Waals surface area contributed by atoms with Crippen molar-refractivity contribution in [3.05, 3.63) is 36.2 Å². The molecular weight excluding hydrogens is 240 g/mol. The summed E-state index contributed by atoms with van der Waals surface area (Å²) in [5, 5.41) is 12.2. The van der Waals surface area contributed by atoms with Crippen molar-refractivity contribution in [2.24, 2.45) is 0 Å². The predicted molar refractivity (Wildman–Crippen MR) is 72.5 cm³/mol. The van der Waals surface area contributed by atoms with E-state index in [9.17, 15) is 9.90 Å². The quantitative estimate of drug-likeness (QED) is 0.626. The van der Waals surface area contributed by atoms with E-state index in [0.29, 0.717) is 6.54 Å². The van der Waals surface area contributed by atoms with Crippen LogP contribution in [0.2, 0.25) is 0 Å². The van der Waals surface area contributed by atoms with Crippen LogP contribution in [0.3, 0.4) is 0 Å². The van der Waals surface area contributed by atoms with E-state index in [0.717, 1.165) is 6.42 Å². The average molecular weight is 261 g/mol. The molecule has 1 heterocycles. The molecule has 19 heavy (non-hydrogen) atoms. The van der Waals surface area contributed by atoms with Crippen LogP contribution in [0.5, 0.6) is 5.75 Å². The Hall–Kier alpha value is -1.84. The molecule has 102 valence electrons. The molecule has 1 aromatic rings. The Morgan fingerprint density at radius 1 is 1.42 bits per heavy atom. The number of allylic oxidation sites excluding steroid dienone is 1. The maximum Gasteiger partial charge on any atom is 0.286 e. The fourth-order valence-electron chi connectivity index (χ4n) is 2.32. The number of rotatable bonds is 5. The van der Waals surface area contributed by atoms with Gasteiger partial charge in [0.15, 0.2) is 11.9 Å². The van der Waals surface area contributed by atoms with E-state index in [1.165, 1.54) is 31.3 Å². The lowest BCUT2D eigenvalue weighted by molar-refractivity contribution is -0.684.